The molecule has 0 spiro atoms. The van der Waals surface area contributed by atoms with Gasteiger partial charge in [0, 0.05) is 31.7 Å². The van der Waals surface area contributed by atoms with Gasteiger partial charge in [-0.15, -0.1) is 0 Å². The SMILES string of the molecule is Cc1c(Nc2c(F)ccc(NS(=O)(=O)N3CC(COC(F)F)C3)c2Cl)ccc2ncn(C)c(=O)c12.O=C(O)C(F)(F)F. The predicted molar refractivity (Wildman–Crippen MR) is 140 cm³/mol. The van der Waals surface area contributed by atoms with Crippen molar-refractivity contribution in [2.45, 2.75) is 19.7 Å². The molecule has 19 heteroatoms. The highest BCUT2D eigenvalue weighted by atomic mass is 35.5. The van der Waals surface area contributed by atoms with E-state index in [-0.39, 0.29) is 47.6 Å². The second-order valence-electron chi connectivity index (χ2n) is 8.89. The third-order valence-corrected chi connectivity index (χ3v) is 7.75. The summed E-state index contributed by atoms with van der Waals surface area (Å²) in [5.41, 5.74) is 0.802. The number of alkyl halides is 5. The molecular weight excluding hydrogens is 624 g/mol. The molecule has 4 rings (SSSR count). The molecule has 0 saturated carbocycles. The van der Waals surface area contributed by atoms with Gasteiger partial charge in [-0.2, -0.15) is 34.7 Å². The van der Waals surface area contributed by atoms with Crippen LogP contribution in [0.25, 0.3) is 10.9 Å². The molecule has 1 aromatic heterocycles. The van der Waals surface area contributed by atoms with E-state index < -0.39 is 34.8 Å². The molecule has 1 aliphatic rings. The second-order valence-corrected chi connectivity index (χ2v) is 10.9. The average Bonchev–Trinajstić information content (AvgIpc) is 2.85. The molecule has 1 aliphatic heterocycles. The largest absolute Gasteiger partial charge is 0.490 e. The predicted octanol–water partition coefficient (Wildman–Crippen LogP) is 4.24. The van der Waals surface area contributed by atoms with E-state index in [1.54, 1.807) is 26.1 Å². The zero-order chi connectivity index (χ0) is 31.6. The maximum atomic E-state index is 14.7. The first-order valence-corrected chi connectivity index (χ1v) is 13.4. The molecule has 0 aliphatic carbocycles. The van der Waals surface area contributed by atoms with E-state index in [2.05, 4.69) is 19.8 Å². The zero-order valence-corrected chi connectivity index (χ0v) is 23.1. The summed E-state index contributed by atoms with van der Waals surface area (Å²) in [5.74, 6) is -3.86. The minimum absolute atomic E-state index is 0.00868. The van der Waals surface area contributed by atoms with E-state index >= 15 is 0 Å². The van der Waals surface area contributed by atoms with Crippen LogP contribution >= 0.6 is 11.6 Å². The first-order chi connectivity index (χ1) is 19.4. The van der Waals surface area contributed by atoms with Crippen LogP contribution in [-0.4, -0.2) is 65.8 Å². The lowest BCUT2D eigenvalue weighted by atomic mass is 10.1. The van der Waals surface area contributed by atoms with Crippen molar-refractivity contribution in [2.75, 3.05) is 29.7 Å². The number of aliphatic carboxylic acids is 1. The molecule has 0 atom stereocenters. The molecule has 3 N–H and O–H groups in total. The molecule has 3 aromatic rings. The van der Waals surface area contributed by atoms with E-state index in [9.17, 15) is 39.6 Å². The Labute approximate surface area is 238 Å². The lowest BCUT2D eigenvalue weighted by molar-refractivity contribution is -0.192. The summed E-state index contributed by atoms with van der Waals surface area (Å²) in [5, 5.41) is 10.1. The van der Waals surface area contributed by atoms with Crippen molar-refractivity contribution in [3.05, 3.63) is 57.3 Å². The van der Waals surface area contributed by atoms with Crippen LogP contribution in [0, 0.1) is 18.7 Å². The van der Waals surface area contributed by atoms with Gasteiger partial charge in [-0.3, -0.25) is 9.52 Å². The Morgan fingerprint density at radius 3 is 2.38 bits per heavy atom. The summed E-state index contributed by atoms with van der Waals surface area (Å²) in [6, 6.07) is 5.42. The fraction of sp³-hybridized carbons (Fsp3) is 0.348. The van der Waals surface area contributed by atoms with Crippen LogP contribution in [0.2, 0.25) is 5.02 Å². The molecule has 1 saturated heterocycles. The molecule has 11 nitrogen and oxygen atoms in total. The van der Waals surface area contributed by atoms with Crippen molar-refractivity contribution in [3.63, 3.8) is 0 Å². The molecule has 230 valence electrons. The maximum Gasteiger partial charge on any atom is 0.490 e. The van der Waals surface area contributed by atoms with Crippen molar-refractivity contribution in [1.82, 2.24) is 13.9 Å². The monoisotopic (exact) mass is 645 g/mol. The number of anilines is 3. The number of aromatic nitrogens is 2. The van der Waals surface area contributed by atoms with E-state index in [1.165, 1.54) is 17.0 Å². The van der Waals surface area contributed by atoms with Gasteiger partial charge in [0.25, 0.3) is 5.56 Å². The van der Waals surface area contributed by atoms with Gasteiger partial charge >= 0.3 is 29.0 Å². The molecule has 2 aromatic carbocycles. The van der Waals surface area contributed by atoms with Crippen molar-refractivity contribution in [1.29, 1.82) is 0 Å². The van der Waals surface area contributed by atoms with Gasteiger partial charge in [-0.25, -0.2) is 14.2 Å². The Morgan fingerprint density at radius 1 is 1.21 bits per heavy atom. The number of halogens is 7. The van der Waals surface area contributed by atoms with Gasteiger partial charge in [-0.1, -0.05) is 11.6 Å². The molecule has 2 heterocycles. The van der Waals surface area contributed by atoms with Gasteiger partial charge in [0.2, 0.25) is 0 Å². The lowest BCUT2D eigenvalue weighted by Crippen LogP contribution is -2.53. The molecular formula is C23H22ClF6N5O6S. The zero-order valence-electron chi connectivity index (χ0n) is 21.5. The van der Waals surface area contributed by atoms with Crippen LogP contribution in [0.4, 0.5) is 43.4 Å². The van der Waals surface area contributed by atoms with Crippen molar-refractivity contribution in [3.8, 4) is 0 Å². The topological polar surface area (TPSA) is 143 Å². The fourth-order valence-electron chi connectivity index (χ4n) is 3.70. The smallest absolute Gasteiger partial charge is 0.475 e. The minimum Gasteiger partial charge on any atom is -0.475 e. The Balaban J connectivity index is 0.000000616. The van der Waals surface area contributed by atoms with Gasteiger partial charge in [0.05, 0.1) is 40.2 Å². The highest BCUT2D eigenvalue weighted by molar-refractivity contribution is 7.90. The Kier molecular flexibility index (Phi) is 9.96. The fourth-order valence-corrected chi connectivity index (χ4v) is 5.40. The van der Waals surface area contributed by atoms with Crippen LogP contribution in [0.1, 0.15) is 5.56 Å². The summed E-state index contributed by atoms with van der Waals surface area (Å²) in [4.78, 5) is 25.7. The Bertz CT molecular complexity index is 1650. The molecule has 0 radical (unpaired) electrons. The highest BCUT2D eigenvalue weighted by Crippen LogP contribution is 2.37. The molecule has 0 unspecified atom stereocenters. The number of aryl methyl sites for hydroxylation is 2. The van der Waals surface area contributed by atoms with Crippen LogP contribution < -0.4 is 15.6 Å². The number of hydrogen-bond donors (Lipinski definition) is 3. The van der Waals surface area contributed by atoms with Crippen molar-refractivity contribution >= 4 is 55.7 Å². The molecule has 1 fully saturated rings. The van der Waals surface area contributed by atoms with Crippen molar-refractivity contribution < 1.29 is 49.4 Å². The molecule has 0 amide bonds. The lowest BCUT2D eigenvalue weighted by Gasteiger charge is -2.37. The Hall–Kier alpha value is -3.61. The first-order valence-electron chi connectivity index (χ1n) is 11.6. The summed E-state index contributed by atoms with van der Waals surface area (Å²) in [6.07, 6.45) is -3.69. The van der Waals surface area contributed by atoms with E-state index in [0.717, 1.165) is 10.4 Å². The van der Waals surface area contributed by atoms with Gasteiger partial charge < -0.3 is 19.7 Å². The van der Waals surface area contributed by atoms with Crippen LogP contribution in [0.15, 0.2) is 35.4 Å². The van der Waals surface area contributed by atoms with Crippen LogP contribution in [0.5, 0.6) is 0 Å². The van der Waals surface area contributed by atoms with Gasteiger partial charge in [-0.05, 0) is 36.8 Å². The summed E-state index contributed by atoms with van der Waals surface area (Å²) in [7, 11) is -2.51. The van der Waals surface area contributed by atoms with Gasteiger partial charge in [0.15, 0.2) is 0 Å². The number of benzene rings is 2. The van der Waals surface area contributed by atoms with Crippen LogP contribution in [-0.2, 0) is 26.8 Å². The van der Waals surface area contributed by atoms with Crippen molar-refractivity contribution in [2.24, 2.45) is 13.0 Å². The highest BCUT2D eigenvalue weighted by Gasteiger charge is 2.38. The number of carboxylic acid groups (broad SMARTS) is 1. The molecule has 42 heavy (non-hydrogen) atoms. The molecule has 0 bridgehead atoms. The summed E-state index contributed by atoms with van der Waals surface area (Å²) >= 11 is 6.35. The third kappa shape index (κ3) is 7.61. The normalized spacial score (nSPS) is 14.3. The van der Waals surface area contributed by atoms with E-state index in [1.807, 2.05) is 0 Å². The van der Waals surface area contributed by atoms with E-state index in [4.69, 9.17) is 21.5 Å². The van der Waals surface area contributed by atoms with E-state index in [0.29, 0.717) is 22.2 Å². The number of carbonyl (C=O) groups is 1. The summed E-state index contributed by atoms with van der Waals surface area (Å²) in [6.45, 7) is -1.53. The Morgan fingerprint density at radius 2 is 1.81 bits per heavy atom. The number of fused-ring (bicyclic) bond motifs is 1. The minimum atomic E-state index is -5.08. The number of ether oxygens (including phenoxy) is 1. The van der Waals surface area contributed by atoms with Gasteiger partial charge in [0.1, 0.15) is 5.82 Å². The first kappa shape index (κ1) is 32.9. The van der Waals surface area contributed by atoms with Crippen LogP contribution in [0.3, 0.4) is 0 Å². The number of nitrogens with one attached hydrogen (secondary N) is 2. The number of nitrogens with zero attached hydrogens (tertiary/aromatic N) is 3. The standard InChI is InChI=1S/C21H21ClF3N5O4S.C2HF3O2/c1-11-14(5-6-15-17(11)20(31)29(2)10-26-15)27-19-13(23)3-4-16(18(19)22)28-35(32,33)30-7-12(8-30)9-34-21(24)25;3-2(4,5)1(6)7/h3-6,10,12,21,27-28H,7-9H2,1-2H3;(H,6,7). The quantitative estimate of drug-likeness (QED) is 0.309. The average molecular weight is 646 g/mol. The maximum absolute atomic E-state index is 14.7. The number of carboxylic acids is 1. The number of hydrogen-bond acceptors (Lipinski definition) is 7. The second kappa shape index (κ2) is 12.7. The number of rotatable bonds is 8. The third-order valence-electron chi connectivity index (χ3n) is 5.90. The summed E-state index contributed by atoms with van der Waals surface area (Å²) < 4.78 is 105.